The zero-order chi connectivity index (χ0) is 14.2. The summed E-state index contributed by atoms with van der Waals surface area (Å²) in [5, 5.41) is 3.72. The Balaban J connectivity index is 1.67. The molecule has 2 rings (SSSR count). The van der Waals surface area contributed by atoms with Crippen LogP contribution in [-0.2, 0) is 4.74 Å². The van der Waals surface area contributed by atoms with Crippen molar-refractivity contribution in [3.05, 3.63) is 0 Å². The predicted molar refractivity (Wildman–Crippen MR) is 85.1 cm³/mol. The van der Waals surface area contributed by atoms with Crippen LogP contribution in [0, 0.1) is 5.92 Å². The molecule has 3 heteroatoms. The van der Waals surface area contributed by atoms with E-state index in [0.29, 0.717) is 12.1 Å². The summed E-state index contributed by atoms with van der Waals surface area (Å²) in [5.41, 5.74) is 0. The summed E-state index contributed by atoms with van der Waals surface area (Å²) in [6.07, 6.45) is 9.82. The van der Waals surface area contributed by atoms with Crippen molar-refractivity contribution < 1.29 is 4.74 Å². The van der Waals surface area contributed by atoms with Crippen LogP contribution < -0.4 is 5.32 Å². The minimum atomic E-state index is 0.555. The summed E-state index contributed by atoms with van der Waals surface area (Å²) in [4.78, 5) is 2.61. The third-order valence-corrected chi connectivity index (χ3v) is 5.16. The highest BCUT2D eigenvalue weighted by molar-refractivity contribution is 4.80. The Morgan fingerprint density at radius 2 is 2.00 bits per heavy atom. The van der Waals surface area contributed by atoms with Gasteiger partial charge in [0, 0.05) is 19.1 Å². The van der Waals surface area contributed by atoms with E-state index in [9.17, 15) is 0 Å². The minimum Gasteiger partial charge on any atom is -0.377 e. The van der Waals surface area contributed by atoms with Crippen LogP contribution in [0.2, 0.25) is 0 Å². The van der Waals surface area contributed by atoms with Gasteiger partial charge < -0.3 is 10.1 Å². The second kappa shape index (κ2) is 9.01. The summed E-state index contributed by atoms with van der Waals surface area (Å²) in [5.74, 6) is 0.773. The molecule has 20 heavy (non-hydrogen) atoms. The maximum absolute atomic E-state index is 6.09. The Morgan fingerprint density at radius 3 is 2.75 bits per heavy atom. The summed E-state index contributed by atoms with van der Waals surface area (Å²) in [6, 6.07) is 0.664. The zero-order valence-corrected chi connectivity index (χ0v) is 13.6. The van der Waals surface area contributed by atoms with E-state index in [1.807, 2.05) is 0 Å². The normalized spacial score (nSPS) is 28.2. The minimum absolute atomic E-state index is 0.555. The fourth-order valence-electron chi connectivity index (χ4n) is 3.47. The van der Waals surface area contributed by atoms with Gasteiger partial charge in [0.05, 0.1) is 12.7 Å². The molecule has 1 saturated heterocycles. The summed E-state index contributed by atoms with van der Waals surface area (Å²) < 4.78 is 6.09. The van der Waals surface area contributed by atoms with Crippen molar-refractivity contribution in [2.45, 2.75) is 70.9 Å². The van der Waals surface area contributed by atoms with Gasteiger partial charge in [0.2, 0.25) is 0 Å². The van der Waals surface area contributed by atoms with Crippen molar-refractivity contribution in [1.29, 1.82) is 0 Å². The third-order valence-electron chi connectivity index (χ3n) is 5.16. The molecule has 2 atom stereocenters. The van der Waals surface area contributed by atoms with Gasteiger partial charge >= 0.3 is 0 Å². The van der Waals surface area contributed by atoms with E-state index in [-0.39, 0.29) is 0 Å². The molecule has 1 aliphatic heterocycles. The van der Waals surface area contributed by atoms with Crippen LogP contribution in [-0.4, -0.2) is 49.8 Å². The second-order valence-electron chi connectivity index (χ2n) is 6.73. The van der Waals surface area contributed by atoms with Gasteiger partial charge in [0.25, 0.3) is 0 Å². The van der Waals surface area contributed by atoms with Gasteiger partial charge in [0.1, 0.15) is 0 Å². The number of ether oxygens (including phenoxy) is 1. The number of hydrogen-bond donors (Lipinski definition) is 1. The van der Waals surface area contributed by atoms with Crippen LogP contribution >= 0.6 is 0 Å². The molecule has 1 N–H and O–H groups in total. The fourth-order valence-corrected chi connectivity index (χ4v) is 3.47. The first-order valence-corrected chi connectivity index (χ1v) is 8.87. The highest BCUT2D eigenvalue weighted by Gasteiger charge is 2.22. The zero-order valence-electron chi connectivity index (χ0n) is 13.6. The Kier molecular flexibility index (Phi) is 7.32. The van der Waals surface area contributed by atoms with Crippen molar-refractivity contribution in [3.63, 3.8) is 0 Å². The van der Waals surface area contributed by atoms with Gasteiger partial charge in [-0.3, -0.25) is 4.90 Å². The maximum Gasteiger partial charge on any atom is 0.0597 e. The van der Waals surface area contributed by atoms with E-state index in [0.717, 1.165) is 19.1 Å². The highest BCUT2D eigenvalue weighted by Crippen LogP contribution is 2.20. The summed E-state index contributed by atoms with van der Waals surface area (Å²) in [7, 11) is 0. The van der Waals surface area contributed by atoms with Gasteiger partial charge in [-0.25, -0.2) is 0 Å². The molecule has 2 fully saturated rings. The molecule has 1 aliphatic carbocycles. The predicted octanol–water partition coefficient (Wildman–Crippen LogP) is 3.05. The average molecular weight is 282 g/mol. The molecule has 0 spiro atoms. The number of rotatable bonds is 6. The Morgan fingerprint density at radius 1 is 1.20 bits per heavy atom. The van der Waals surface area contributed by atoms with E-state index in [1.165, 1.54) is 64.6 Å². The molecule has 0 aromatic carbocycles. The van der Waals surface area contributed by atoms with E-state index >= 15 is 0 Å². The fraction of sp³-hybridized carbons (Fsp3) is 1.00. The van der Waals surface area contributed by atoms with Crippen molar-refractivity contribution >= 4 is 0 Å². The number of hydrogen-bond acceptors (Lipinski definition) is 3. The molecule has 0 radical (unpaired) electrons. The van der Waals surface area contributed by atoms with Crippen molar-refractivity contribution in [2.75, 3.05) is 32.8 Å². The molecule has 0 amide bonds. The molecular formula is C17H34N2O. The third kappa shape index (κ3) is 5.34. The Labute approximate surface area is 125 Å². The molecule has 118 valence electrons. The van der Waals surface area contributed by atoms with Crippen molar-refractivity contribution in [1.82, 2.24) is 10.2 Å². The summed E-state index contributed by atoms with van der Waals surface area (Å²) >= 11 is 0. The van der Waals surface area contributed by atoms with Gasteiger partial charge in [0.15, 0.2) is 0 Å². The van der Waals surface area contributed by atoms with Gasteiger partial charge in [-0.1, -0.05) is 39.5 Å². The smallest absolute Gasteiger partial charge is 0.0597 e. The number of nitrogens with one attached hydrogen (secondary N) is 1. The molecule has 2 aliphatic rings. The van der Waals surface area contributed by atoms with Crippen LogP contribution in [0.25, 0.3) is 0 Å². The lowest BCUT2D eigenvalue weighted by atomic mass is 9.98. The van der Waals surface area contributed by atoms with Crippen molar-refractivity contribution in [2.24, 2.45) is 5.92 Å². The molecule has 0 bridgehead atoms. The lowest BCUT2D eigenvalue weighted by Crippen LogP contribution is -2.43. The first kappa shape index (κ1) is 16.3. The van der Waals surface area contributed by atoms with E-state index < -0.39 is 0 Å². The van der Waals surface area contributed by atoms with Crippen molar-refractivity contribution in [3.8, 4) is 0 Å². The van der Waals surface area contributed by atoms with E-state index in [1.54, 1.807) is 0 Å². The van der Waals surface area contributed by atoms with Crippen LogP contribution in [0.1, 0.15) is 58.8 Å². The van der Waals surface area contributed by atoms with Crippen LogP contribution in [0.3, 0.4) is 0 Å². The lowest BCUT2D eigenvalue weighted by Gasteiger charge is -2.29. The van der Waals surface area contributed by atoms with Crippen LogP contribution in [0.15, 0.2) is 0 Å². The van der Waals surface area contributed by atoms with Crippen LogP contribution in [0.4, 0.5) is 0 Å². The lowest BCUT2D eigenvalue weighted by molar-refractivity contribution is 0.0155. The second-order valence-corrected chi connectivity index (χ2v) is 6.73. The number of nitrogens with zero attached hydrogens (tertiary/aromatic N) is 1. The molecule has 0 aromatic heterocycles. The first-order valence-electron chi connectivity index (χ1n) is 8.87. The molecule has 1 saturated carbocycles. The average Bonchev–Trinajstić information content (AvgIpc) is 2.73. The van der Waals surface area contributed by atoms with Crippen LogP contribution in [0.5, 0.6) is 0 Å². The van der Waals surface area contributed by atoms with E-state index in [4.69, 9.17) is 4.74 Å². The van der Waals surface area contributed by atoms with Gasteiger partial charge in [-0.15, -0.1) is 0 Å². The van der Waals surface area contributed by atoms with Gasteiger partial charge in [-0.05, 0) is 38.3 Å². The molecule has 3 nitrogen and oxygen atoms in total. The first-order chi connectivity index (χ1) is 9.79. The maximum atomic E-state index is 6.09. The topological polar surface area (TPSA) is 24.5 Å². The molecule has 0 aromatic rings. The Bertz CT molecular complexity index is 253. The van der Waals surface area contributed by atoms with Gasteiger partial charge in [-0.2, -0.15) is 0 Å². The monoisotopic (exact) mass is 282 g/mol. The molecule has 1 heterocycles. The van der Waals surface area contributed by atoms with E-state index in [2.05, 4.69) is 24.1 Å². The standard InChI is InChI=1S/C17H34N2O/c1-3-15(2)17-14-19(11-7-10-18-17)12-13-20-16-8-5-4-6-9-16/h15-18H,3-14H2,1-2H3. The Hall–Kier alpha value is -0.120. The summed E-state index contributed by atoms with van der Waals surface area (Å²) in [6.45, 7) is 10.3. The largest absolute Gasteiger partial charge is 0.377 e. The quantitative estimate of drug-likeness (QED) is 0.810. The molecule has 2 unspecified atom stereocenters. The highest BCUT2D eigenvalue weighted by atomic mass is 16.5. The SMILES string of the molecule is CCC(C)C1CN(CCOC2CCCCC2)CCCN1. The molecular weight excluding hydrogens is 248 g/mol.